The number of fused-ring (bicyclic) bond motifs is 1. The highest BCUT2D eigenvalue weighted by molar-refractivity contribution is 6.34. The van der Waals surface area contributed by atoms with Gasteiger partial charge in [0.25, 0.3) is 0 Å². The molecule has 2 heterocycles. The van der Waals surface area contributed by atoms with Gasteiger partial charge in [0.15, 0.2) is 5.15 Å². The van der Waals surface area contributed by atoms with Gasteiger partial charge in [-0.2, -0.15) is 0 Å². The van der Waals surface area contributed by atoms with Crippen molar-refractivity contribution in [2.24, 2.45) is 0 Å². The van der Waals surface area contributed by atoms with Crippen molar-refractivity contribution >= 4 is 34.8 Å². The summed E-state index contributed by atoms with van der Waals surface area (Å²) in [6.07, 6.45) is 0. The lowest BCUT2D eigenvalue weighted by Crippen LogP contribution is -2.23. The molecule has 0 fully saturated rings. The summed E-state index contributed by atoms with van der Waals surface area (Å²) in [6.45, 7) is 2.14. The van der Waals surface area contributed by atoms with E-state index in [9.17, 15) is 4.79 Å². The smallest absolute Gasteiger partial charge is 0.235 e. The number of ether oxygens (including phenoxy) is 1. The topological polar surface area (TPSA) is 51.2 Å². The minimum Gasteiger partial charge on any atom is -0.492 e. The molecule has 0 spiro atoms. The van der Waals surface area contributed by atoms with Crippen LogP contribution in [0.1, 0.15) is 17.0 Å². The Bertz CT molecular complexity index is 696. The van der Waals surface area contributed by atoms with Gasteiger partial charge >= 0.3 is 0 Å². The van der Waals surface area contributed by atoms with Gasteiger partial charge in [-0.3, -0.25) is 4.79 Å². The number of carbonyl (C=O) groups is 1. The second kappa shape index (κ2) is 5.54. The van der Waals surface area contributed by atoms with Crippen LogP contribution >= 0.6 is 23.2 Å². The zero-order valence-corrected chi connectivity index (χ0v) is 12.7. The third kappa shape index (κ3) is 2.69. The summed E-state index contributed by atoms with van der Waals surface area (Å²) >= 11 is 11.9. The summed E-state index contributed by atoms with van der Waals surface area (Å²) in [5.74, 6) is 0.219. The Morgan fingerprint density at radius 1 is 1.38 bits per heavy atom. The number of carbonyl (C=O) groups excluding carboxylic acids is 1. The lowest BCUT2D eigenvalue weighted by atomic mass is 10.0. The van der Waals surface area contributed by atoms with Crippen LogP contribution in [-0.2, 0) is 4.79 Å². The summed E-state index contributed by atoms with van der Waals surface area (Å²) < 4.78 is 5.52. The maximum atomic E-state index is 12.5. The van der Waals surface area contributed by atoms with Gasteiger partial charge in [-0.25, -0.2) is 4.98 Å². The molecule has 3 rings (SSSR count). The number of rotatable bonds is 2. The highest BCUT2D eigenvalue weighted by atomic mass is 35.5. The van der Waals surface area contributed by atoms with E-state index >= 15 is 0 Å². The first-order valence-electron chi connectivity index (χ1n) is 6.41. The molecule has 0 aliphatic carbocycles. The number of hydrogen-bond acceptors (Lipinski definition) is 3. The van der Waals surface area contributed by atoms with Gasteiger partial charge in [0, 0.05) is 5.56 Å². The molecular weight excluding hydrogens is 311 g/mol. The summed E-state index contributed by atoms with van der Waals surface area (Å²) in [7, 11) is 0. The molecule has 1 aromatic heterocycles. The summed E-state index contributed by atoms with van der Waals surface area (Å²) in [5.41, 5.74) is 2.13. The maximum absolute atomic E-state index is 12.5. The van der Waals surface area contributed by atoms with Crippen molar-refractivity contribution in [1.29, 1.82) is 0 Å². The molecule has 1 N–H and O–H groups in total. The van der Waals surface area contributed by atoms with Crippen molar-refractivity contribution in [2.75, 3.05) is 11.9 Å². The SMILES string of the molecule is Cc1cc(Cl)nc(Cl)c1NC(=O)C1COc2ccccc21. The molecule has 2 aromatic rings. The fraction of sp³-hybridized carbons (Fsp3) is 0.200. The second-order valence-corrected chi connectivity index (χ2v) is 5.56. The minimum atomic E-state index is -0.354. The lowest BCUT2D eigenvalue weighted by molar-refractivity contribution is -0.117. The molecule has 0 saturated heterocycles. The fourth-order valence-corrected chi connectivity index (χ4v) is 2.91. The Kier molecular flexibility index (Phi) is 3.74. The highest BCUT2D eigenvalue weighted by Crippen LogP contribution is 2.35. The van der Waals surface area contributed by atoms with E-state index in [0.29, 0.717) is 17.4 Å². The third-order valence-electron chi connectivity index (χ3n) is 3.41. The predicted octanol–water partition coefficient (Wildman–Crippen LogP) is 3.81. The van der Waals surface area contributed by atoms with Crippen LogP contribution in [0, 0.1) is 6.92 Å². The summed E-state index contributed by atoms with van der Waals surface area (Å²) in [4.78, 5) is 16.4. The lowest BCUT2D eigenvalue weighted by Gasteiger charge is -2.13. The first kappa shape index (κ1) is 14.2. The van der Waals surface area contributed by atoms with Gasteiger partial charge in [-0.1, -0.05) is 41.4 Å². The second-order valence-electron chi connectivity index (χ2n) is 4.82. The first-order chi connectivity index (χ1) is 10.1. The Morgan fingerprint density at radius 3 is 2.90 bits per heavy atom. The van der Waals surface area contributed by atoms with Crippen LogP contribution in [0.5, 0.6) is 5.75 Å². The number of nitrogens with zero attached hydrogens (tertiary/aromatic N) is 1. The van der Waals surface area contributed by atoms with E-state index in [4.69, 9.17) is 27.9 Å². The first-order valence-corrected chi connectivity index (χ1v) is 7.17. The van der Waals surface area contributed by atoms with Gasteiger partial charge < -0.3 is 10.1 Å². The zero-order valence-electron chi connectivity index (χ0n) is 11.2. The van der Waals surface area contributed by atoms with Crippen LogP contribution in [0.4, 0.5) is 5.69 Å². The van der Waals surface area contributed by atoms with Crippen molar-refractivity contribution < 1.29 is 9.53 Å². The number of amides is 1. The van der Waals surface area contributed by atoms with Gasteiger partial charge in [0.1, 0.15) is 23.4 Å². The van der Waals surface area contributed by atoms with E-state index in [1.165, 1.54) is 0 Å². The quantitative estimate of drug-likeness (QED) is 0.855. The average molecular weight is 323 g/mol. The standard InChI is InChI=1S/C15H12Cl2N2O2/c1-8-6-12(16)18-14(17)13(8)19-15(20)10-7-21-11-5-3-2-4-9(10)11/h2-6,10H,7H2,1H3,(H,19,20). The molecule has 1 atom stereocenters. The molecule has 0 radical (unpaired) electrons. The number of pyridine rings is 1. The molecular formula is C15H12Cl2N2O2. The van der Waals surface area contributed by atoms with Gasteiger partial charge in [0.2, 0.25) is 5.91 Å². The van der Waals surface area contributed by atoms with Gasteiger partial charge in [-0.05, 0) is 24.6 Å². The Hall–Kier alpha value is -1.78. The van der Waals surface area contributed by atoms with Crippen molar-refractivity contribution in [1.82, 2.24) is 4.98 Å². The molecule has 1 unspecified atom stereocenters. The molecule has 6 heteroatoms. The normalized spacial score (nSPS) is 16.2. The number of para-hydroxylation sites is 1. The van der Waals surface area contributed by atoms with Crippen LogP contribution in [0.3, 0.4) is 0 Å². The Labute approximate surface area is 132 Å². The Morgan fingerprint density at radius 2 is 2.14 bits per heavy atom. The zero-order chi connectivity index (χ0) is 15.0. The number of halogens is 2. The van der Waals surface area contributed by atoms with Gasteiger partial charge in [-0.15, -0.1) is 0 Å². The molecule has 21 heavy (non-hydrogen) atoms. The predicted molar refractivity (Wildman–Crippen MR) is 82.3 cm³/mol. The number of anilines is 1. The molecule has 4 nitrogen and oxygen atoms in total. The molecule has 1 aromatic carbocycles. The van der Waals surface area contributed by atoms with E-state index in [2.05, 4.69) is 10.3 Å². The van der Waals surface area contributed by atoms with Crippen LogP contribution in [0.15, 0.2) is 30.3 Å². The van der Waals surface area contributed by atoms with Crippen LogP contribution in [-0.4, -0.2) is 17.5 Å². The molecule has 108 valence electrons. The van der Waals surface area contributed by atoms with Crippen molar-refractivity contribution in [2.45, 2.75) is 12.8 Å². The molecule has 1 aliphatic heterocycles. The third-order valence-corrected chi connectivity index (χ3v) is 3.87. The van der Waals surface area contributed by atoms with E-state index in [1.807, 2.05) is 31.2 Å². The molecule has 1 aliphatic rings. The minimum absolute atomic E-state index is 0.172. The van der Waals surface area contributed by atoms with Crippen LogP contribution in [0.2, 0.25) is 10.3 Å². The number of benzene rings is 1. The van der Waals surface area contributed by atoms with E-state index in [0.717, 1.165) is 16.9 Å². The van der Waals surface area contributed by atoms with E-state index in [-0.39, 0.29) is 17.0 Å². The van der Waals surface area contributed by atoms with E-state index < -0.39 is 0 Å². The van der Waals surface area contributed by atoms with E-state index in [1.54, 1.807) is 6.07 Å². The number of nitrogens with one attached hydrogen (secondary N) is 1. The van der Waals surface area contributed by atoms with Crippen molar-refractivity contribution in [3.05, 3.63) is 51.8 Å². The number of hydrogen-bond donors (Lipinski definition) is 1. The molecule has 1 amide bonds. The summed E-state index contributed by atoms with van der Waals surface area (Å²) in [5, 5.41) is 3.29. The fourth-order valence-electron chi connectivity index (χ4n) is 2.34. The van der Waals surface area contributed by atoms with Crippen molar-refractivity contribution in [3.63, 3.8) is 0 Å². The monoisotopic (exact) mass is 322 g/mol. The van der Waals surface area contributed by atoms with Crippen molar-refractivity contribution in [3.8, 4) is 5.75 Å². The number of aryl methyl sites for hydroxylation is 1. The Balaban J connectivity index is 1.86. The summed E-state index contributed by atoms with van der Waals surface area (Å²) in [6, 6.07) is 9.16. The van der Waals surface area contributed by atoms with Crippen LogP contribution in [0.25, 0.3) is 0 Å². The largest absolute Gasteiger partial charge is 0.492 e. The highest BCUT2D eigenvalue weighted by Gasteiger charge is 2.30. The average Bonchev–Trinajstić information content (AvgIpc) is 2.86. The molecule has 0 saturated carbocycles. The van der Waals surface area contributed by atoms with Gasteiger partial charge in [0.05, 0.1) is 5.69 Å². The number of aromatic nitrogens is 1. The molecule has 0 bridgehead atoms. The van der Waals surface area contributed by atoms with Crippen LogP contribution < -0.4 is 10.1 Å². The maximum Gasteiger partial charge on any atom is 0.235 e.